The number of anilines is 1. The van der Waals surface area contributed by atoms with Crippen LogP contribution < -0.4 is 9.64 Å². The molecule has 1 aliphatic heterocycles. The van der Waals surface area contributed by atoms with Gasteiger partial charge in [0.1, 0.15) is 5.75 Å². The summed E-state index contributed by atoms with van der Waals surface area (Å²) in [4.78, 5) is 4.50. The molecule has 4 nitrogen and oxygen atoms in total. The topological polar surface area (TPSA) is 35.9 Å². The minimum absolute atomic E-state index is 0.127. The summed E-state index contributed by atoms with van der Waals surface area (Å²) in [5.41, 5.74) is 1.07. The summed E-state index contributed by atoms with van der Waals surface area (Å²) >= 11 is 0. The van der Waals surface area contributed by atoms with Gasteiger partial charge in [-0.25, -0.2) is 0 Å². The third kappa shape index (κ3) is 2.85. The average molecular weight is 264 g/mol. The zero-order chi connectivity index (χ0) is 13.9. The second kappa shape index (κ2) is 5.80. The maximum atomic E-state index is 9.77. The van der Waals surface area contributed by atoms with Crippen molar-refractivity contribution in [1.82, 2.24) is 4.90 Å². The number of ether oxygens (including phenoxy) is 1. The first kappa shape index (κ1) is 14.2. The van der Waals surface area contributed by atoms with Crippen molar-refractivity contribution >= 4 is 5.69 Å². The molecule has 0 bridgehead atoms. The van der Waals surface area contributed by atoms with Crippen molar-refractivity contribution in [3.63, 3.8) is 0 Å². The Kier molecular flexibility index (Phi) is 4.32. The highest BCUT2D eigenvalue weighted by Gasteiger charge is 2.37. The third-order valence-electron chi connectivity index (χ3n) is 4.24. The van der Waals surface area contributed by atoms with Crippen molar-refractivity contribution in [3.05, 3.63) is 24.3 Å². The highest BCUT2D eigenvalue weighted by molar-refractivity contribution is 5.50. The molecule has 1 heterocycles. The van der Waals surface area contributed by atoms with Gasteiger partial charge in [0.2, 0.25) is 0 Å². The number of methoxy groups -OCH3 is 1. The fraction of sp³-hybridized carbons (Fsp3) is 0.600. The standard InChI is InChI=1S/C15H24N2O2/c1-16(2)15(12-18)9-4-10-17(11-15)13-5-7-14(19-3)8-6-13/h5-8,18H,4,9-12H2,1-3H3. The molecule has 0 spiro atoms. The van der Waals surface area contributed by atoms with Gasteiger partial charge in [-0.1, -0.05) is 0 Å². The zero-order valence-electron chi connectivity index (χ0n) is 12.1. The third-order valence-corrected chi connectivity index (χ3v) is 4.24. The summed E-state index contributed by atoms with van der Waals surface area (Å²) in [6.45, 7) is 2.11. The van der Waals surface area contributed by atoms with Crippen molar-refractivity contribution in [3.8, 4) is 5.75 Å². The molecule has 2 rings (SSSR count). The Morgan fingerprint density at radius 1 is 1.32 bits per heavy atom. The van der Waals surface area contributed by atoms with Crippen LogP contribution >= 0.6 is 0 Å². The zero-order valence-corrected chi connectivity index (χ0v) is 12.1. The van der Waals surface area contributed by atoms with Gasteiger partial charge in [0.15, 0.2) is 0 Å². The van der Waals surface area contributed by atoms with E-state index >= 15 is 0 Å². The largest absolute Gasteiger partial charge is 0.497 e. The first-order chi connectivity index (χ1) is 9.11. The van der Waals surface area contributed by atoms with Gasteiger partial charge in [0.25, 0.3) is 0 Å². The van der Waals surface area contributed by atoms with E-state index in [0.29, 0.717) is 0 Å². The van der Waals surface area contributed by atoms with Crippen LogP contribution in [0, 0.1) is 0 Å². The molecule has 1 unspecified atom stereocenters. The van der Waals surface area contributed by atoms with Gasteiger partial charge in [0.05, 0.1) is 19.3 Å². The van der Waals surface area contributed by atoms with E-state index < -0.39 is 0 Å². The van der Waals surface area contributed by atoms with Gasteiger partial charge in [-0.15, -0.1) is 0 Å². The van der Waals surface area contributed by atoms with Crippen LogP contribution in [0.25, 0.3) is 0 Å². The molecule has 1 atom stereocenters. The molecule has 1 saturated heterocycles. The first-order valence-electron chi connectivity index (χ1n) is 6.78. The van der Waals surface area contributed by atoms with E-state index in [-0.39, 0.29) is 12.1 Å². The maximum Gasteiger partial charge on any atom is 0.119 e. The van der Waals surface area contributed by atoms with E-state index in [0.717, 1.165) is 31.7 Å². The minimum Gasteiger partial charge on any atom is -0.497 e. The van der Waals surface area contributed by atoms with Crippen LogP contribution in [0.15, 0.2) is 24.3 Å². The van der Waals surface area contributed by atoms with Crippen molar-refractivity contribution in [2.45, 2.75) is 18.4 Å². The molecule has 1 aliphatic rings. The molecular formula is C15H24N2O2. The normalized spacial score (nSPS) is 23.7. The highest BCUT2D eigenvalue weighted by atomic mass is 16.5. The summed E-state index contributed by atoms with van der Waals surface area (Å²) in [5, 5.41) is 9.77. The molecule has 1 fully saturated rings. The second-order valence-corrected chi connectivity index (χ2v) is 5.50. The summed E-state index contributed by atoms with van der Waals surface area (Å²) in [5.74, 6) is 0.877. The maximum absolute atomic E-state index is 9.77. The quantitative estimate of drug-likeness (QED) is 0.896. The van der Waals surface area contributed by atoms with Gasteiger partial charge >= 0.3 is 0 Å². The molecule has 19 heavy (non-hydrogen) atoms. The molecule has 1 aromatic rings. The summed E-state index contributed by atoms with van der Waals surface area (Å²) < 4.78 is 5.19. The molecule has 106 valence electrons. The van der Waals surface area contributed by atoms with Crippen molar-refractivity contribution in [2.75, 3.05) is 45.8 Å². The van der Waals surface area contributed by atoms with Gasteiger partial charge in [-0.2, -0.15) is 0 Å². The van der Waals surface area contributed by atoms with Crippen LogP contribution in [0.5, 0.6) is 5.75 Å². The van der Waals surface area contributed by atoms with Crippen LogP contribution in [0.2, 0.25) is 0 Å². The summed E-state index contributed by atoms with van der Waals surface area (Å²) in [6.07, 6.45) is 2.15. The number of benzene rings is 1. The van der Waals surface area contributed by atoms with Crippen LogP contribution in [0.3, 0.4) is 0 Å². The summed E-state index contributed by atoms with van der Waals surface area (Å²) in [7, 11) is 5.78. The van der Waals surface area contributed by atoms with E-state index in [9.17, 15) is 5.11 Å². The van der Waals surface area contributed by atoms with Gasteiger partial charge < -0.3 is 14.7 Å². The number of hydrogen-bond acceptors (Lipinski definition) is 4. The molecule has 0 aromatic heterocycles. The van der Waals surface area contributed by atoms with Gasteiger partial charge in [0, 0.05) is 18.8 Å². The van der Waals surface area contributed by atoms with Crippen LogP contribution in [-0.4, -0.2) is 56.4 Å². The highest BCUT2D eigenvalue weighted by Crippen LogP contribution is 2.29. The van der Waals surface area contributed by atoms with Crippen LogP contribution in [0.1, 0.15) is 12.8 Å². The van der Waals surface area contributed by atoms with Gasteiger partial charge in [-0.05, 0) is 51.2 Å². The molecule has 1 N–H and O–H groups in total. The Morgan fingerprint density at radius 2 is 2.00 bits per heavy atom. The molecule has 1 aromatic carbocycles. The molecular weight excluding hydrogens is 240 g/mol. The fourth-order valence-corrected chi connectivity index (χ4v) is 2.76. The van der Waals surface area contributed by atoms with Crippen LogP contribution in [-0.2, 0) is 0 Å². The molecule has 0 radical (unpaired) electrons. The van der Waals surface area contributed by atoms with E-state index in [1.54, 1.807) is 7.11 Å². The van der Waals surface area contributed by atoms with E-state index in [4.69, 9.17) is 4.74 Å². The Bertz CT molecular complexity index is 405. The Morgan fingerprint density at radius 3 is 2.53 bits per heavy atom. The molecule has 0 aliphatic carbocycles. The first-order valence-corrected chi connectivity index (χ1v) is 6.78. The fourth-order valence-electron chi connectivity index (χ4n) is 2.76. The smallest absolute Gasteiger partial charge is 0.119 e. The van der Waals surface area contributed by atoms with Gasteiger partial charge in [-0.3, -0.25) is 4.90 Å². The SMILES string of the molecule is COc1ccc(N2CCCC(CO)(N(C)C)C2)cc1. The lowest BCUT2D eigenvalue weighted by atomic mass is 9.88. The van der Waals surface area contributed by atoms with E-state index in [1.165, 1.54) is 5.69 Å². The average Bonchev–Trinajstić information content (AvgIpc) is 2.47. The number of likely N-dealkylation sites (N-methyl/N-ethyl adjacent to an activating group) is 1. The number of rotatable bonds is 4. The molecule has 4 heteroatoms. The van der Waals surface area contributed by atoms with Crippen molar-refractivity contribution in [2.24, 2.45) is 0 Å². The number of aliphatic hydroxyl groups excluding tert-OH is 1. The Labute approximate surface area is 115 Å². The Hall–Kier alpha value is -1.26. The number of hydrogen-bond donors (Lipinski definition) is 1. The second-order valence-electron chi connectivity index (χ2n) is 5.50. The number of aliphatic hydroxyl groups is 1. The summed E-state index contributed by atoms with van der Waals surface area (Å²) in [6, 6.07) is 8.14. The number of nitrogens with zero attached hydrogens (tertiary/aromatic N) is 2. The van der Waals surface area contributed by atoms with E-state index in [1.807, 2.05) is 26.2 Å². The predicted molar refractivity (Wildman–Crippen MR) is 77.9 cm³/mol. The lowest BCUT2D eigenvalue weighted by molar-refractivity contribution is 0.0547. The molecule has 0 amide bonds. The number of piperidine rings is 1. The Balaban J connectivity index is 2.16. The van der Waals surface area contributed by atoms with E-state index in [2.05, 4.69) is 21.9 Å². The van der Waals surface area contributed by atoms with Crippen molar-refractivity contribution in [1.29, 1.82) is 0 Å². The minimum atomic E-state index is -0.127. The molecule has 0 saturated carbocycles. The predicted octanol–water partition coefficient (Wildman–Crippen LogP) is 1.59. The monoisotopic (exact) mass is 264 g/mol. The lowest BCUT2D eigenvalue weighted by Crippen LogP contribution is -2.58. The van der Waals surface area contributed by atoms with Crippen molar-refractivity contribution < 1.29 is 9.84 Å². The van der Waals surface area contributed by atoms with Crippen LogP contribution in [0.4, 0.5) is 5.69 Å². The lowest BCUT2D eigenvalue weighted by Gasteiger charge is -2.46.